The van der Waals surface area contributed by atoms with Gasteiger partial charge >= 0.3 is 5.69 Å². The molecule has 0 saturated carbocycles. The van der Waals surface area contributed by atoms with Gasteiger partial charge in [0.25, 0.3) is 5.56 Å². The molecule has 3 N–H and O–H groups in total. The van der Waals surface area contributed by atoms with Crippen molar-refractivity contribution in [2.24, 2.45) is 19.8 Å². The molecule has 2 aromatic rings. The van der Waals surface area contributed by atoms with E-state index in [4.69, 9.17) is 10.5 Å². The molecule has 0 radical (unpaired) electrons. The van der Waals surface area contributed by atoms with Crippen molar-refractivity contribution in [3.05, 3.63) is 67.6 Å². The van der Waals surface area contributed by atoms with Crippen LogP contribution in [0, 0.1) is 11.3 Å². The molecule has 1 aromatic heterocycles. The lowest BCUT2D eigenvalue weighted by Gasteiger charge is -2.28. The summed E-state index contributed by atoms with van der Waals surface area (Å²) in [5.74, 6) is 0.306. The number of nitrogens with zero attached hydrogens (tertiary/aromatic N) is 3. The molecule has 0 bridgehead atoms. The molecular formula is C17H17N5O3. The Morgan fingerprint density at radius 1 is 1.28 bits per heavy atom. The number of rotatable bonds is 2. The summed E-state index contributed by atoms with van der Waals surface area (Å²) < 4.78 is 7.57. The van der Waals surface area contributed by atoms with Gasteiger partial charge in [-0.25, -0.2) is 4.79 Å². The Morgan fingerprint density at radius 3 is 2.64 bits per heavy atom. The van der Waals surface area contributed by atoms with Gasteiger partial charge in [0.05, 0.1) is 30.2 Å². The molecule has 1 atom stereocenters. The number of nitrogens with one attached hydrogen (secondary N) is 1. The van der Waals surface area contributed by atoms with E-state index in [1.165, 1.54) is 18.7 Å². The SMILES string of the molecule is COc1cccc([C@@H]2C(C#N)=C(N)Nc3c2c(=O)n(C)c(=O)n3C)c1. The molecule has 3 rings (SSSR count). The first-order valence-electron chi connectivity index (χ1n) is 7.51. The summed E-state index contributed by atoms with van der Waals surface area (Å²) in [6.45, 7) is 0. The maximum Gasteiger partial charge on any atom is 0.332 e. The molecule has 1 aliphatic heterocycles. The maximum absolute atomic E-state index is 12.8. The summed E-state index contributed by atoms with van der Waals surface area (Å²) in [7, 11) is 4.48. The molecule has 0 spiro atoms. The maximum atomic E-state index is 12.8. The normalized spacial score (nSPS) is 16.0. The number of nitrogens with two attached hydrogens (primary N) is 1. The van der Waals surface area contributed by atoms with E-state index in [0.29, 0.717) is 16.9 Å². The summed E-state index contributed by atoms with van der Waals surface area (Å²) >= 11 is 0. The quantitative estimate of drug-likeness (QED) is 0.815. The van der Waals surface area contributed by atoms with Crippen molar-refractivity contribution in [1.29, 1.82) is 5.26 Å². The first kappa shape index (κ1) is 16.4. The summed E-state index contributed by atoms with van der Waals surface area (Å²) in [6, 6.07) is 9.15. The summed E-state index contributed by atoms with van der Waals surface area (Å²) in [5, 5.41) is 12.4. The van der Waals surface area contributed by atoms with Gasteiger partial charge in [-0.15, -0.1) is 0 Å². The standard InChI is InChI=1S/C17H17N5O3/c1-21-15-13(16(23)22(2)17(21)24)12(11(8-18)14(19)20-15)9-5-4-6-10(7-9)25-3/h4-7,12,20H,19H2,1-3H3/t12-/m1/s1. The highest BCUT2D eigenvalue weighted by atomic mass is 16.5. The Labute approximate surface area is 143 Å². The minimum Gasteiger partial charge on any atom is -0.497 e. The van der Waals surface area contributed by atoms with Crippen LogP contribution in [0.25, 0.3) is 0 Å². The predicted octanol–water partition coefficient (Wildman–Crippen LogP) is 0.344. The highest BCUT2D eigenvalue weighted by molar-refractivity contribution is 5.64. The van der Waals surface area contributed by atoms with Crippen LogP contribution < -0.4 is 27.0 Å². The van der Waals surface area contributed by atoms with Crippen LogP contribution in [0.5, 0.6) is 5.75 Å². The van der Waals surface area contributed by atoms with E-state index in [-0.39, 0.29) is 17.2 Å². The number of nitriles is 1. The Balaban J connectivity index is 2.40. The van der Waals surface area contributed by atoms with Gasteiger partial charge in [-0.05, 0) is 17.7 Å². The zero-order valence-corrected chi connectivity index (χ0v) is 14.0. The Hall–Kier alpha value is -3.47. The third-order valence-electron chi connectivity index (χ3n) is 4.37. The van der Waals surface area contributed by atoms with Gasteiger partial charge in [-0.1, -0.05) is 12.1 Å². The Bertz CT molecular complexity index is 1060. The number of allylic oxidation sites excluding steroid dienone is 1. The number of benzene rings is 1. The number of aromatic nitrogens is 2. The van der Waals surface area contributed by atoms with Gasteiger partial charge in [-0.2, -0.15) is 5.26 Å². The topological polar surface area (TPSA) is 115 Å². The van der Waals surface area contributed by atoms with E-state index in [1.54, 1.807) is 31.3 Å². The minimum absolute atomic E-state index is 0.117. The van der Waals surface area contributed by atoms with Crippen LogP contribution in [0.15, 0.2) is 45.2 Å². The lowest BCUT2D eigenvalue weighted by Crippen LogP contribution is -2.43. The van der Waals surface area contributed by atoms with Crippen LogP contribution in [0.2, 0.25) is 0 Å². The summed E-state index contributed by atoms with van der Waals surface area (Å²) in [6.07, 6.45) is 0. The van der Waals surface area contributed by atoms with Crippen molar-refractivity contribution in [2.45, 2.75) is 5.92 Å². The minimum atomic E-state index is -0.693. The number of anilines is 1. The molecule has 0 aliphatic carbocycles. The predicted molar refractivity (Wildman–Crippen MR) is 92.2 cm³/mol. The molecule has 25 heavy (non-hydrogen) atoms. The number of ether oxygens (including phenoxy) is 1. The molecule has 2 heterocycles. The fourth-order valence-electron chi connectivity index (χ4n) is 3.06. The summed E-state index contributed by atoms with van der Waals surface area (Å²) in [5.41, 5.74) is 6.24. The van der Waals surface area contributed by atoms with Crippen LogP contribution in [0.1, 0.15) is 17.0 Å². The second-order valence-electron chi connectivity index (χ2n) is 5.74. The molecule has 0 amide bonds. The van der Waals surface area contributed by atoms with Crippen LogP contribution in [0.4, 0.5) is 5.82 Å². The average Bonchev–Trinajstić information content (AvgIpc) is 2.63. The van der Waals surface area contributed by atoms with E-state index in [0.717, 1.165) is 4.57 Å². The number of fused-ring (bicyclic) bond motifs is 1. The van der Waals surface area contributed by atoms with Gasteiger partial charge in [0.15, 0.2) is 0 Å². The first-order valence-corrected chi connectivity index (χ1v) is 7.51. The lowest BCUT2D eigenvalue weighted by atomic mass is 9.84. The number of hydrogen-bond donors (Lipinski definition) is 2. The third-order valence-corrected chi connectivity index (χ3v) is 4.37. The van der Waals surface area contributed by atoms with Crippen molar-refractivity contribution >= 4 is 5.82 Å². The van der Waals surface area contributed by atoms with Crippen LogP contribution in [-0.4, -0.2) is 16.2 Å². The second-order valence-corrected chi connectivity index (χ2v) is 5.74. The monoisotopic (exact) mass is 339 g/mol. The average molecular weight is 339 g/mol. The molecule has 1 aromatic carbocycles. The molecule has 0 fully saturated rings. The van der Waals surface area contributed by atoms with Crippen LogP contribution >= 0.6 is 0 Å². The second kappa shape index (κ2) is 5.87. The zero-order valence-electron chi connectivity index (χ0n) is 14.0. The molecule has 8 nitrogen and oxygen atoms in total. The van der Waals surface area contributed by atoms with E-state index < -0.39 is 17.2 Å². The van der Waals surface area contributed by atoms with Crippen molar-refractivity contribution in [2.75, 3.05) is 12.4 Å². The highest BCUT2D eigenvalue weighted by Crippen LogP contribution is 2.38. The van der Waals surface area contributed by atoms with Gasteiger partial charge in [0.2, 0.25) is 0 Å². The van der Waals surface area contributed by atoms with Crippen LogP contribution in [-0.2, 0) is 14.1 Å². The van der Waals surface area contributed by atoms with E-state index in [2.05, 4.69) is 11.4 Å². The van der Waals surface area contributed by atoms with Gasteiger partial charge in [0, 0.05) is 14.1 Å². The molecule has 8 heteroatoms. The largest absolute Gasteiger partial charge is 0.497 e. The number of hydrogen-bond acceptors (Lipinski definition) is 6. The Kier molecular flexibility index (Phi) is 3.85. The summed E-state index contributed by atoms with van der Waals surface area (Å²) in [4.78, 5) is 25.0. The highest BCUT2D eigenvalue weighted by Gasteiger charge is 2.34. The van der Waals surface area contributed by atoms with Crippen molar-refractivity contribution in [3.63, 3.8) is 0 Å². The van der Waals surface area contributed by atoms with Gasteiger partial charge in [0.1, 0.15) is 17.4 Å². The first-order chi connectivity index (χ1) is 11.9. The van der Waals surface area contributed by atoms with Gasteiger partial charge < -0.3 is 15.8 Å². The van der Waals surface area contributed by atoms with Gasteiger partial charge in [-0.3, -0.25) is 13.9 Å². The molecule has 128 valence electrons. The smallest absolute Gasteiger partial charge is 0.332 e. The van der Waals surface area contributed by atoms with E-state index in [9.17, 15) is 14.9 Å². The van der Waals surface area contributed by atoms with Crippen molar-refractivity contribution in [1.82, 2.24) is 9.13 Å². The molecule has 1 aliphatic rings. The molecular weight excluding hydrogens is 322 g/mol. The fraction of sp³-hybridized carbons (Fsp3) is 0.235. The van der Waals surface area contributed by atoms with Crippen molar-refractivity contribution in [3.8, 4) is 11.8 Å². The molecule has 0 saturated heterocycles. The lowest BCUT2D eigenvalue weighted by molar-refractivity contribution is 0.414. The van der Waals surface area contributed by atoms with Crippen molar-refractivity contribution < 1.29 is 4.74 Å². The Morgan fingerprint density at radius 2 is 2.00 bits per heavy atom. The third kappa shape index (κ3) is 2.37. The molecule has 0 unspecified atom stereocenters. The van der Waals surface area contributed by atoms with E-state index in [1.807, 2.05) is 0 Å². The number of methoxy groups -OCH3 is 1. The zero-order chi connectivity index (χ0) is 18.3. The van der Waals surface area contributed by atoms with E-state index >= 15 is 0 Å². The van der Waals surface area contributed by atoms with Crippen LogP contribution in [0.3, 0.4) is 0 Å². The fourth-order valence-corrected chi connectivity index (χ4v) is 3.06.